The normalized spacial score (nSPS) is 11.3. The molecule has 0 spiro atoms. The third kappa shape index (κ3) is 4.06. The van der Waals surface area contributed by atoms with E-state index in [0.717, 1.165) is 11.3 Å². The molecule has 0 aliphatic rings. The Morgan fingerprint density at radius 2 is 2.05 bits per heavy atom. The van der Waals surface area contributed by atoms with Crippen molar-refractivity contribution >= 4 is 17.5 Å². The average Bonchev–Trinajstić information content (AvgIpc) is 2.56. The second-order valence-corrected chi connectivity index (χ2v) is 4.99. The predicted octanol–water partition coefficient (Wildman–Crippen LogP) is 3.05. The van der Waals surface area contributed by atoms with E-state index in [4.69, 9.17) is 10.00 Å². The highest BCUT2D eigenvalue weighted by molar-refractivity contribution is 5.72. The highest BCUT2D eigenvalue weighted by Crippen LogP contribution is 2.17. The number of anilines is 2. The number of nitriles is 1. The molecule has 2 rings (SSSR count). The molecule has 0 saturated carbocycles. The quantitative estimate of drug-likeness (QED) is 0.858. The van der Waals surface area contributed by atoms with E-state index in [1.165, 1.54) is 13.3 Å². The maximum Gasteiger partial charge on any atom is 0.308 e. The van der Waals surface area contributed by atoms with Crippen molar-refractivity contribution in [3.63, 3.8) is 0 Å². The number of pyridine rings is 1. The van der Waals surface area contributed by atoms with Crippen LogP contribution in [0.4, 0.5) is 11.5 Å². The molecule has 1 N–H and O–H groups in total. The molecule has 22 heavy (non-hydrogen) atoms. The van der Waals surface area contributed by atoms with Crippen molar-refractivity contribution in [2.75, 3.05) is 12.4 Å². The van der Waals surface area contributed by atoms with Gasteiger partial charge in [0.2, 0.25) is 0 Å². The van der Waals surface area contributed by atoms with Gasteiger partial charge in [-0.05, 0) is 36.2 Å². The number of ether oxygens (including phenoxy) is 1. The van der Waals surface area contributed by atoms with Gasteiger partial charge in [0.05, 0.1) is 18.6 Å². The summed E-state index contributed by atoms with van der Waals surface area (Å²) in [7, 11) is 1.40. The minimum Gasteiger partial charge on any atom is -0.469 e. The molecule has 2 aromatic rings. The molecule has 5 heteroatoms. The maximum absolute atomic E-state index is 11.4. The monoisotopic (exact) mass is 295 g/mol. The van der Waals surface area contributed by atoms with Gasteiger partial charge in [0.1, 0.15) is 11.9 Å². The summed E-state index contributed by atoms with van der Waals surface area (Å²) in [4.78, 5) is 15.6. The van der Waals surface area contributed by atoms with E-state index in [1.807, 2.05) is 37.3 Å². The fraction of sp³-hybridized carbons (Fsp3) is 0.235. The zero-order valence-corrected chi connectivity index (χ0v) is 12.5. The third-order valence-corrected chi connectivity index (χ3v) is 3.26. The van der Waals surface area contributed by atoms with Crippen molar-refractivity contribution in [3.8, 4) is 6.07 Å². The summed E-state index contributed by atoms with van der Waals surface area (Å²) in [5, 5.41) is 11.9. The van der Waals surface area contributed by atoms with Gasteiger partial charge in [0, 0.05) is 11.9 Å². The van der Waals surface area contributed by atoms with E-state index < -0.39 is 0 Å². The van der Waals surface area contributed by atoms with Crippen molar-refractivity contribution in [1.29, 1.82) is 5.26 Å². The first-order valence-corrected chi connectivity index (χ1v) is 6.92. The number of carbonyl (C=O) groups is 1. The van der Waals surface area contributed by atoms with Gasteiger partial charge in [-0.15, -0.1) is 0 Å². The lowest BCUT2D eigenvalue weighted by Crippen LogP contribution is -2.15. The Kier molecular flexibility index (Phi) is 5.10. The number of benzene rings is 1. The Morgan fingerprint density at radius 1 is 1.32 bits per heavy atom. The summed E-state index contributed by atoms with van der Waals surface area (Å²) in [6, 6.07) is 13.3. The van der Waals surface area contributed by atoms with Crippen LogP contribution in [-0.2, 0) is 16.0 Å². The van der Waals surface area contributed by atoms with E-state index in [1.54, 1.807) is 12.1 Å². The van der Waals surface area contributed by atoms with E-state index in [2.05, 4.69) is 10.3 Å². The lowest BCUT2D eigenvalue weighted by molar-refractivity contribution is -0.144. The molecule has 1 aromatic carbocycles. The SMILES string of the molecule is COC(=O)C(C)Cc1ccc(Nc2ccc(C#N)cn2)cc1. The van der Waals surface area contributed by atoms with Crippen LogP contribution < -0.4 is 5.32 Å². The second-order valence-electron chi connectivity index (χ2n) is 4.99. The summed E-state index contributed by atoms with van der Waals surface area (Å²) >= 11 is 0. The smallest absolute Gasteiger partial charge is 0.308 e. The van der Waals surface area contributed by atoms with Crippen LogP contribution in [0.25, 0.3) is 0 Å². The van der Waals surface area contributed by atoms with Gasteiger partial charge >= 0.3 is 5.97 Å². The third-order valence-electron chi connectivity index (χ3n) is 3.26. The highest BCUT2D eigenvalue weighted by atomic mass is 16.5. The average molecular weight is 295 g/mol. The Hall–Kier alpha value is -2.87. The number of hydrogen-bond acceptors (Lipinski definition) is 5. The number of nitrogens with zero attached hydrogens (tertiary/aromatic N) is 2. The first kappa shape index (κ1) is 15.5. The van der Waals surface area contributed by atoms with Gasteiger partial charge in [-0.2, -0.15) is 5.26 Å². The number of nitrogens with one attached hydrogen (secondary N) is 1. The molecule has 0 aliphatic carbocycles. The first-order chi connectivity index (χ1) is 10.6. The largest absolute Gasteiger partial charge is 0.469 e. The van der Waals surface area contributed by atoms with Gasteiger partial charge in [-0.25, -0.2) is 4.98 Å². The van der Waals surface area contributed by atoms with Crippen molar-refractivity contribution in [2.24, 2.45) is 5.92 Å². The minimum absolute atomic E-state index is 0.163. The Labute approximate surface area is 129 Å². The standard InChI is InChI=1S/C17H17N3O2/c1-12(17(21)22-2)9-13-3-6-15(7-4-13)20-16-8-5-14(10-18)11-19-16/h3-8,11-12H,9H2,1-2H3,(H,19,20). The summed E-state index contributed by atoms with van der Waals surface area (Å²) in [6.45, 7) is 1.85. The van der Waals surface area contributed by atoms with Crippen molar-refractivity contribution < 1.29 is 9.53 Å². The molecule has 1 aromatic heterocycles. The number of hydrogen-bond donors (Lipinski definition) is 1. The zero-order valence-electron chi connectivity index (χ0n) is 12.5. The Balaban J connectivity index is 1.99. The van der Waals surface area contributed by atoms with Crippen LogP contribution in [0.2, 0.25) is 0 Å². The summed E-state index contributed by atoms with van der Waals surface area (Å²) in [6.07, 6.45) is 2.16. The molecule has 5 nitrogen and oxygen atoms in total. The molecular weight excluding hydrogens is 278 g/mol. The number of rotatable bonds is 5. The van der Waals surface area contributed by atoms with Crippen LogP contribution in [0.15, 0.2) is 42.6 Å². The lowest BCUT2D eigenvalue weighted by atomic mass is 10.0. The van der Waals surface area contributed by atoms with E-state index in [9.17, 15) is 4.79 Å². The summed E-state index contributed by atoms with van der Waals surface area (Å²) < 4.78 is 4.72. The van der Waals surface area contributed by atoms with Crippen LogP contribution in [-0.4, -0.2) is 18.1 Å². The van der Waals surface area contributed by atoms with Crippen LogP contribution in [0.3, 0.4) is 0 Å². The van der Waals surface area contributed by atoms with Gasteiger partial charge in [-0.3, -0.25) is 4.79 Å². The molecular formula is C17H17N3O2. The number of carbonyl (C=O) groups excluding carboxylic acids is 1. The van der Waals surface area contributed by atoms with Crippen LogP contribution in [0.5, 0.6) is 0 Å². The zero-order chi connectivity index (χ0) is 15.9. The van der Waals surface area contributed by atoms with Crippen LogP contribution in [0.1, 0.15) is 18.1 Å². The van der Waals surface area contributed by atoms with E-state index in [0.29, 0.717) is 17.8 Å². The van der Waals surface area contributed by atoms with E-state index in [-0.39, 0.29) is 11.9 Å². The van der Waals surface area contributed by atoms with Crippen molar-refractivity contribution in [3.05, 3.63) is 53.7 Å². The Morgan fingerprint density at radius 3 is 2.59 bits per heavy atom. The first-order valence-electron chi connectivity index (χ1n) is 6.92. The van der Waals surface area contributed by atoms with Gasteiger partial charge in [0.15, 0.2) is 0 Å². The lowest BCUT2D eigenvalue weighted by Gasteiger charge is -2.10. The van der Waals surface area contributed by atoms with E-state index >= 15 is 0 Å². The molecule has 1 heterocycles. The molecule has 0 amide bonds. The number of methoxy groups -OCH3 is 1. The topological polar surface area (TPSA) is 75.0 Å². The molecule has 0 radical (unpaired) electrons. The predicted molar refractivity (Wildman–Crippen MR) is 83.6 cm³/mol. The molecule has 112 valence electrons. The fourth-order valence-electron chi connectivity index (χ4n) is 2.04. The number of aromatic nitrogens is 1. The van der Waals surface area contributed by atoms with Crippen molar-refractivity contribution in [2.45, 2.75) is 13.3 Å². The molecule has 0 fully saturated rings. The molecule has 0 bridgehead atoms. The molecule has 0 aliphatic heterocycles. The fourth-order valence-corrected chi connectivity index (χ4v) is 2.04. The van der Waals surface area contributed by atoms with Gasteiger partial charge in [0.25, 0.3) is 0 Å². The summed E-state index contributed by atoms with van der Waals surface area (Å²) in [5.74, 6) is 0.308. The molecule has 1 unspecified atom stereocenters. The van der Waals surface area contributed by atoms with Gasteiger partial charge in [-0.1, -0.05) is 19.1 Å². The molecule has 1 atom stereocenters. The summed E-state index contributed by atoms with van der Waals surface area (Å²) in [5.41, 5.74) is 2.49. The highest BCUT2D eigenvalue weighted by Gasteiger charge is 2.13. The molecule has 0 saturated heterocycles. The maximum atomic E-state index is 11.4. The van der Waals surface area contributed by atoms with Gasteiger partial charge < -0.3 is 10.1 Å². The number of esters is 1. The van der Waals surface area contributed by atoms with Crippen LogP contribution >= 0.6 is 0 Å². The minimum atomic E-state index is -0.205. The Bertz CT molecular complexity index is 673. The van der Waals surface area contributed by atoms with Crippen molar-refractivity contribution in [1.82, 2.24) is 4.98 Å². The van der Waals surface area contributed by atoms with Crippen LogP contribution in [0, 0.1) is 17.2 Å². The second kappa shape index (κ2) is 7.23.